The molecule has 0 aliphatic rings. The van der Waals surface area contributed by atoms with Crippen LogP contribution in [0.3, 0.4) is 0 Å². The standard InChI is InChI=1S/C20H21N3O5/c1-27-16-9-8-14-10-21-23(20(26)18(14)19(16)28-2)11-17(25)22-15(12-24)13-6-4-3-5-7-13/h3-10,15,24H,11-12H2,1-2H3,(H,22,25)/t15-/m1/s1. The van der Waals surface area contributed by atoms with E-state index >= 15 is 0 Å². The van der Waals surface area contributed by atoms with Gasteiger partial charge < -0.3 is 19.9 Å². The van der Waals surface area contributed by atoms with Crippen molar-refractivity contribution in [2.45, 2.75) is 12.6 Å². The van der Waals surface area contributed by atoms with Crippen molar-refractivity contribution in [3.63, 3.8) is 0 Å². The summed E-state index contributed by atoms with van der Waals surface area (Å²) in [5.74, 6) is 0.261. The number of methoxy groups -OCH3 is 2. The fraction of sp³-hybridized carbons (Fsp3) is 0.250. The Labute approximate surface area is 161 Å². The molecule has 0 saturated heterocycles. The van der Waals surface area contributed by atoms with Gasteiger partial charge in [-0.15, -0.1) is 0 Å². The summed E-state index contributed by atoms with van der Waals surface area (Å²) in [5.41, 5.74) is 0.298. The Balaban J connectivity index is 1.89. The highest BCUT2D eigenvalue weighted by Crippen LogP contribution is 2.32. The van der Waals surface area contributed by atoms with Gasteiger partial charge in [-0.25, -0.2) is 4.68 Å². The number of carbonyl (C=O) groups excluding carboxylic acids is 1. The van der Waals surface area contributed by atoms with E-state index in [0.717, 1.165) is 10.2 Å². The lowest BCUT2D eigenvalue weighted by molar-refractivity contribution is -0.123. The monoisotopic (exact) mass is 383 g/mol. The first-order valence-electron chi connectivity index (χ1n) is 8.65. The summed E-state index contributed by atoms with van der Waals surface area (Å²) in [4.78, 5) is 25.3. The molecule has 1 amide bonds. The van der Waals surface area contributed by atoms with Crippen LogP contribution in [0.25, 0.3) is 10.8 Å². The van der Waals surface area contributed by atoms with Crippen molar-refractivity contribution in [3.05, 3.63) is 64.6 Å². The molecule has 0 saturated carbocycles. The van der Waals surface area contributed by atoms with Crippen LogP contribution in [0.4, 0.5) is 0 Å². The number of carbonyl (C=O) groups is 1. The van der Waals surface area contributed by atoms with Crippen LogP contribution in [-0.4, -0.2) is 41.6 Å². The van der Waals surface area contributed by atoms with Crippen LogP contribution in [-0.2, 0) is 11.3 Å². The van der Waals surface area contributed by atoms with E-state index in [1.165, 1.54) is 20.4 Å². The highest BCUT2D eigenvalue weighted by Gasteiger charge is 2.18. The SMILES string of the molecule is COc1ccc2cnn(CC(=O)N[C@H](CO)c3ccccc3)c(=O)c2c1OC. The number of aliphatic hydroxyl groups is 1. The number of benzene rings is 2. The van der Waals surface area contributed by atoms with E-state index in [9.17, 15) is 14.7 Å². The molecule has 2 aromatic carbocycles. The van der Waals surface area contributed by atoms with Crippen LogP contribution in [0.5, 0.6) is 11.5 Å². The van der Waals surface area contributed by atoms with Crippen LogP contribution in [0.1, 0.15) is 11.6 Å². The maximum Gasteiger partial charge on any atom is 0.279 e. The number of ether oxygens (including phenoxy) is 2. The summed E-state index contributed by atoms with van der Waals surface area (Å²) in [6.07, 6.45) is 1.49. The van der Waals surface area contributed by atoms with Crippen molar-refractivity contribution < 1.29 is 19.4 Å². The van der Waals surface area contributed by atoms with Gasteiger partial charge in [-0.1, -0.05) is 30.3 Å². The Morgan fingerprint density at radius 3 is 2.57 bits per heavy atom. The lowest BCUT2D eigenvalue weighted by atomic mass is 10.1. The van der Waals surface area contributed by atoms with Gasteiger partial charge in [-0.05, 0) is 17.7 Å². The number of aromatic nitrogens is 2. The minimum Gasteiger partial charge on any atom is -0.493 e. The number of fused-ring (bicyclic) bond motifs is 1. The third-order valence-corrected chi connectivity index (χ3v) is 4.38. The summed E-state index contributed by atoms with van der Waals surface area (Å²) < 4.78 is 11.6. The lowest BCUT2D eigenvalue weighted by Crippen LogP contribution is -2.37. The first kappa shape index (κ1) is 19.4. The summed E-state index contributed by atoms with van der Waals surface area (Å²) in [6, 6.07) is 11.9. The van der Waals surface area contributed by atoms with Crippen LogP contribution >= 0.6 is 0 Å². The third kappa shape index (κ3) is 3.81. The zero-order valence-electron chi connectivity index (χ0n) is 15.6. The van der Waals surface area contributed by atoms with Gasteiger partial charge >= 0.3 is 0 Å². The normalized spacial score (nSPS) is 11.8. The Bertz CT molecular complexity index is 1030. The molecule has 1 heterocycles. The van der Waals surface area contributed by atoms with Crippen molar-refractivity contribution >= 4 is 16.7 Å². The van der Waals surface area contributed by atoms with Gasteiger partial charge in [0, 0.05) is 5.39 Å². The second-order valence-electron chi connectivity index (χ2n) is 6.09. The van der Waals surface area contributed by atoms with Gasteiger partial charge in [-0.3, -0.25) is 9.59 Å². The first-order valence-corrected chi connectivity index (χ1v) is 8.65. The lowest BCUT2D eigenvalue weighted by Gasteiger charge is -2.17. The van der Waals surface area contributed by atoms with Crippen molar-refractivity contribution in [2.24, 2.45) is 0 Å². The van der Waals surface area contributed by atoms with Gasteiger partial charge in [0.15, 0.2) is 11.5 Å². The third-order valence-electron chi connectivity index (χ3n) is 4.38. The van der Waals surface area contributed by atoms with Crippen LogP contribution in [0.15, 0.2) is 53.5 Å². The molecule has 0 fully saturated rings. The number of nitrogens with zero attached hydrogens (tertiary/aromatic N) is 2. The number of nitrogens with one attached hydrogen (secondary N) is 1. The van der Waals surface area contributed by atoms with E-state index in [-0.39, 0.29) is 18.5 Å². The zero-order valence-corrected chi connectivity index (χ0v) is 15.6. The Morgan fingerprint density at radius 1 is 1.18 bits per heavy atom. The van der Waals surface area contributed by atoms with Crippen LogP contribution < -0.4 is 20.3 Å². The van der Waals surface area contributed by atoms with Crippen molar-refractivity contribution in [3.8, 4) is 11.5 Å². The zero-order chi connectivity index (χ0) is 20.1. The maximum atomic E-state index is 12.9. The quantitative estimate of drug-likeness (QED) is 0.637. The minimum absolute atomic E-state index is 0.263. The second kappa shape index (κ2) is 8.53. The van der Waals surface area contributed by atoms with E-state index in [1.807, 2.05) is 18.2 Å². The number of amides is 1. The van der Waals surface area contributed by atoms with Gasteiger partial charge in [0.05, 0.1) is 38.5 Å². The van der Waals surface area contributed by atoms with Crippen molar-refractivity contribution in [1.82, 2.24) is 15.1 Å². The molecule has 3 aromatic rings. The number of hydrogen-bond acceptors (Lipinski definition) is 6. The maximum absolute atomic E-state index is 12.9. The number of hydrogen-bond donors (Lipinski definition) is 2. The molecule has 1 atom stereocenters. The first-order chi connectivity index (χ1) is 13.6. The van der Waals surface area contributed by atoms with Crippen molar-refractivity contribution in [2.75, 3.05) is 20.8 Å². The summed E-state index contributed by atoms with van der Waals surface area (Å²) in [6.45, 7) is -0.556. The molecule has 8 nitrogen and oxygen atoms in total. The number of aliphatic hydroxyl groups excluding tert-OH is 1. The molecule has 0 aliphatic heterocycles. The fourth-order valence-electron chi connectivity index (χ4n) is 2.99. The molecular formula is C20H21N3O5. The average Bonchev–Trinajstić information content (AvgIpc) is 2.73. The molecule has 2 N–H and O–H groups in total. The summed E-state index contributed by atoms with van der Waals surface area (Å²) in [7, 11) is 2.93. The molecule has 0 unspecified atom stereocenters. The average molecular weight is 383 g/mol. The van der Waals surface area contributed by atoms with Gasteiger partial charge in [0.25, 0.3) is 5.56 Å². The fourth-order valence-corrected chi connectivity index (χ4v) is 2.99. The molecule has 8 heteroatoms. The number of rotatable bonds is 7. The van der Waals surface area contributed by atoms with Gasteiger partial charge in [0.2, 0.25) is 5.91 Å². The summed E-state index contributed by atoms with van der Waals surface area (Å²) >= 11 is 0. The van der Waals surface area contributed by atoms with E-state index in [2.05, 4.69) is 10.4 Å². The molecule has 28 heavy (non-hydrogen) atoms. The topological polar surface area (TPSA) is 103 Å². The smallest absolute Gasteiger partial charge is 0.279 e. The molecular weight excluding hydrogens is 362 g/mol. The van der Waals surface area contributed by atoms with Crippen molar-refractivity contribution in [1.29, 1.82) is 0 Å². The summed E-state index contributed by atoms with van der Waals surface area (Å²) in [5, 5.41) is 17.2. The van der Waals surface area contributed by atoms with E-state index < -0.39 is 17.5 Å². The molecule has 146 valence electrons. The predicted molar refractivity (Wildman–Crippen MR) is 104 cm³/mol. The molecule has 0 spiro atoms. The minimum atomic E-state index is -0.570. The molecule has 0 bridgehead atoms. The predicted octanol–water partition coefficient (Wildman–Crippen LogP) is 1.26. The van der Waals surface area contributed by atoms with Crippen LogP contribution in [0, 0.1) is 0 Å². The Hall–Kier alpha value is -3.39. The van der Waals surface area contributed by atoms with E-state index in [1.54, 1.807) is 24.3 Å². The molecule has 1 aromatic heterocycles. The van der Waals surface area contributed by atoms with E-state index in [4.69, 9.17) is 9.47 Å². The van der Waals surface area contributed by atoms with E-state index in [0.29, 0.717) is 16.9 Å². The largest absolute Gasteiger partial charge is 0.493 e. The molecule has 3 rings (SSSR count). The Morgan fingerprint density at radius 2 is 1.93 bits per heavy atom. The highest BCUT2D eigenvalue weighted by atomic mass is 16.5. The van der Waals surface area contributed by atoms with Crippen LogP contribution in [0.2, 0.25) is 0 Å². The molecule has 0 aliphatic carbocycles. The second-order valence-corrected chi connectivity index (χ2v) is 6.09. The highest BCUT2D eigenvalue weighted by molar-refractivity contribution is 5.89. The van der Waals surface area contributed by atoms with Gasteiger partial charge in [-0.2, -0.15) is 5.10 Å². The Kier molecular flexibility index (Phi) is 5.90. The molecule has 0 radical (unpaired) electrons. The van der Waals surface area contributed by atoms with Gasteiger partial charge in [0.1, 0.15) is 6.54 Å².